The number of hydrogen-bond donors (Lipinski definition) is 1. The summed E-state index contributed by atoms with van der Waals surface area (Å²) in [6, 6.07) is 1.70. The normalized spacial score (nSPS) is 17.0. The SMILES string of the molecule is Cc1ccc(Cl)c([C@H](C(F)F)N2CCNCC2)c1F.Cl.Cl. The van der Waals surface area contributed by atoms with Gasteiger partial charge in [-0.1, -0.05) is 17.7 Å². The lowest BCUT2D eigenvalue weighted by Gasteiger charge is -2.35. The molecule has 8 heteroatoms. The fourth-order valence-corrected chi connectivity index (χ4v) is 2.64. The molecule has 122 valence electrons. The van der Waals surface area contributed by atoms with Crippen molar-refractivity contribution in [1.29, 1.82) is 0 Å². The van der Waals surface area contributed by atoms with Gasteiger partial charge in [0, 0.05) is 36.8 Å². The molecule has 1 atom stereocenters. The average Bonchev–Trinajstić information content (AvgIpc) is 2.39. The standard InChI is InChI=1S/C13H16ClF3N2.2ClH/c1-8-2-3-9(14)10(11(8)15)12(13(16)17)19-6-4-18-5-7-19;;/h2-3,12-13,18H,4-7H2,1H3;2*1H/t12-;;/m1../s1. The van der Waals surface area contributed by atoms with Gasteiger partial charge < -0.3 is 5.32 Å². The molecule has 0 aliphatic carbocycles. The van der Waals surface area contributed by atoms with E-state index in [0.717, 1.165) is 0 Å². The Labute approximate surface area is 139 Å². The third-order valence-electron chi connectivity index (χ3n) is 3.40. The summed E-state index contributed by atoms with van der Waals surface area (Å²) >= 11 is 5.94. The third kappa shape index (κ3) is 4.63. The van der Waals surface area contributed by atoms with E-state index in [1.807, 2.05) is 0 Å². The highest BCUT2D eigenvalue weighted by Gasteiger charge is 2.34. The van der Waals surface area contributed by atoms with E-state index in [9.17, 15) is 13.2 Å². The van der Waals surface area contributed by atoms with Crippen LogP contribution in [0.2, 0.25) is 5.02 Å². The third-order valence-corrected chi connectivity index (χ3v) is 3.73. The van der Waals surface area contributed by atoms with Crippen LogP contribution in [0.5, 0.6) is 0 Å². The second kappa shape index (κ2) is 9.06. The molecule has 21 heavy (non-hydrogen) atoms. The molecule has 1 aliphatic rings. The molecule has 2 rings (SSSR count). The molecule has 1 aromatic rings. The van der Waals surface area contributed by atoms with Gasteiger partial charge in [0.05, 0.1) is 0 Å². The van der Waals surface area contributed by atoms with Crippen molar-refractivity contribution < 1.29 is 13.2 Å². The number of benzene rings is 1. The first-order chi connectivity index (χ1) is 9.02. The van der Waals surface area contributed by atoms with Gasteiger partial charge in [-0.15, -0.1) is 24.8 Å². The van der Waals surface area contributed by atoms with Gasteiger partial charge in [0.15, 0.2) is 0 Å². The van der Waals surface area contributed by atoms with Crippen LogP contribution >= 0.6 is 36.4 Å². The first kappa shape index (κ1) is 20.8. The Kier molecular flexibility index (Phi) is 8.97. The molecule has 1 N–H and O–H groups in total. The molecule has 0 bridgehead atoms. The zero-order valence-electron chi connectivity index (χ0n) is 11.4. The van der Waals surface area contributed by atoms with Gasteiger partial charge in [-0.2, -0.15) is 0 Å². The fraction of sp³-hybridized carbons (Fsp3) is 0.538. The van der Waals surface area contributed by atoms with E-state index in [4.69, 9.17) is 11.6 Å². The predicted octanol–water partition coefficient (Wildman–Crippen LogP) is 3.84. The molecule has 0 saturated carbocycles. The Morgan fingerprint density at radius 1 is 1.19 bits per heavy atom. The van der Waals surface area contributed by atoms with Crippen LogP contribution in [0, 0.1) is 12.7 Å². The molecule has 1 aromatic carbocycles. The second-order valence-electron chi connectivity index (χ2n) is 4.66. The lowest BCUT2D eigenvalue weighted by Crippen LogP contribution is -2.47. The van der Waals surface area contributed by atoms with Crippen LogP contribution < -0.4 is 5.32 Å². The van der Waals surface area contributed by atoms with Crippen molar-refractivity contribution >= 4 is 36.4 Å². The van der Waals surface area contributed by atoms with Gasteiger partial charge in [0.2, 0.25) is 0 Å². The number of nitrogens with zero attached hydrogens (tertiary/aromatic N) is 1. The van der Waals surface area contributed by atoms with E-state index in [-0.39, 0.29) is 35.4 Å². The number of aryl methyl sites for hydroxylation is 1. The van der Waals surface area contributed by atoms with Crippen LogP contribution in [-0.4, -0.2) is 37.5 Å². The summed E-state index contributed by atoms with van der Waals surface area (Å²) < 4.78 is 40.9. The number of piperazine rings is 1. The van der Waals surface area contributed by atoms with Gasteiger partial charge in [-0.3, -0.25) is 4.90 Å². The van der Waals surface area contributed by atoms with E-state index >= 15 is 0 Å². The highest BCUT2D eigenvalue weighted by Crippen LogP contribution is 2.35. The highest BCUT2D eigenvalue weighted by molar-refractivity contribution is 6.31. The molecule has 0 spiro atoms. The van der Waals surface area contributed by atoms with E-state index in [1.165, 1.54) is 12.1 Å². The Balaban J connectivity index is 0.00000200. The monoisotopic (exact) mass is 364 g/mol. The zero-order chi connectivity index (χ0) is 14.0. The average molecular weight is 366 g/mol. The quantitative estimate of drug-likeness (QED) is 0.875. The van der Waals surface area contributed by atoms with Crippen molar-refractivity contribution in [1.82, 2.24) is 10.2 Å². The minimum atomic E-state index is -2.67. The summed E-state index contributed by atoms with van der Waals surface area (Å²) in [6.07, 6.45) is -2.67. The van der Waals surface area contributed by atoms with Crippen LogP contribution in [0.15, 0.2) is 12.1 Å². The summed E-state index contributed by atoms with van der Waals surface area (Å²) in [7, 11) is 0. The summed E-state index contributed by atoms with van der Waals surface area (Å²) in [5.74, 6) is -0.628. The maximum atomic E-state index is 14.2. The van der Waals surface area contributed by atoms with E-state index in [2.05, 4.69) is 5.32 Å². The Bertz CT molecular complexity index is 455. The molecule has 0 unspecified atom stereocenters. The molecule has 2 nitrogen and oxygen atoms in total. The largest absolute Gasteiger partial charge is 0.314 e. The van der Waals surface area contributed by atoms with Gasteiger partial charge in [-0.25, -0.2) is 13.2 Å². The number of alkyl halides is 2. The molecule has 0 amide bonds. The Hall–Kier alpha value is -0.200. The summed E-state index contributed by atoms with van der Waals surface area (Å²) in [4.78, 5) is 1.59. The maximum absolute atomic E-state index is 14.2. The van der Waals surface area contributed by atoms with Crippen molar-refractivity contribution in [2.24, 2.45) is 0 Å². The molecule has 0 radical (unpaired) electrons. The fourth-order valence-electron chi connectivity index (χ4n) is 2.38. The first-order valence-corrected chi connectivity index (χ1v) is 6.57. The lowest BCUT2D eigenvalue weighted by molar-refractivity contribution is 0.0164. The van der Waals surface area contributed by atoms with Crippen LogP contribution in [0.1, 0.15) is 17.2 Å². The van der Waals surface area contributed by atoms with Crippen molar-refractivity contribution in [2.75, 3.05) is 26.2 Å². The van der Waals surface area contributed by atoms with Gasteiger partial charge in [-0.05, 0) is 18.6 Å². The molecular formula is C13H18Cl3F3N2. The van der Waals surface area contributed by atoms with Crippen molar-refractivity contribution in [3.05, 3.63) is 34.1 Å². The molecular weight excluding hydrogens is 348 g/mol. The van der Waals surface area contributed by atoms with Crippen molar-refractivity contribution in [3.63, 3.8) is 0 Å². The highest BCUT2D eigenvalue weighted by atomic mass is 35.5. The number of hydrogen-bond acceptors (Lipinski definition) is 2. The second-order valence-corrected chi connectivity index (χ2v) is 5.06. The van der Waals surface area contributed by atoms with Gasteiger partial charge >= 0.3 is 0 Å². The predicted molar refractivity (Wildman–Crippen MR) is 83.8 cm³/mol. The summed E-state index contributed by atoms with van der Waals surface area (Å²) in [6.45, 7) is 3.70. The molecule has 1 fully saturated rings. The minimum Gasteiger partial charge on any atom is -0.314 e. The van der Waals surface area contributed by atoms with Crippen LogP contribution in [-0.2, 0) is 0 Å². The molecule has 0 aromatic heterocycles. The van der Waals surface area contributed by atoms with Gasteiger partial charge in [0.1, 0.15) is 11.9 Å². The zero-order valence-corrected chi connectivity index (χ0v) is 13.8. The lowest BCUT2D eigenvalue weighted by atomic mass is 10.0. The van der Waals surface area contributed by atoms with E-state index in [0.29, 0.717) is 31.7 Å². The van der Waals surface area contributed by atoms with E-state index < -0.39 is 18.3 Å². The molecule has 1 aliphatic heterocycles. The minimum absolute atomic E-state index is 0. The molecule has 1 saturated heterocycles. The van der Waals surface area contributed by atoms with Gasteiger partial charge in [0.25, 0.3) is 6.43 Å². The topological polar surface area (TPSA) is 15.3 Å². The van der Waals surface area contributed by atoms with Crippen LogP contribution in [0.25, 0.3) is 0 Å². The number of halogens is 6. The van der Waals surface area contributed by atoms with Crippen LogP contribution in [0.3, 0.4) is 0 Å². The van der Waals surface area contributed by atoms with Crippen molar-refractivity contribution in [2.45, 2.75) is 19.4 Å². The smallest absolute Gasteiger partial charge is 0.258 e. The Morgan fingerprint density at radius 3 is 2.29 bits per heavy atom. The Morgan fingerprint density at radius 2 is 1.76 bits per heavy atom. The first-order valence-electron chi connectivity index (χ1n) is 6.19. The number of rotatable bonds is 3. The van der Waals surface area contributed by atoms with E-state index in [1.54, 1.807) is 11.8 Å². The summed E-state index contributed by atoms with van der Waals surface area (Å²) in [5, 5.41) is 3.15. The maximum Gasteiger partial charge on any atom is 0.258 e. The summed E-state index contributed by atoms with van der Waals surface area (Å²) in [5.41, 5.74) is 0.249. The van der Waals surface area contributed by atoms with Crippen molar-refractivity contribution in [3.8, 4) is 0 Å². The molecule has 1 heterocycles. The van der Waals surface area contributed by atoms with Crippen LogP contribution in [0.4, 0.5) is 13.2 Å². The number of nitrogens with one attached hydrogen (secondary N) is 1.